The minimum absolute atomic E-state index is 0.143. The summed E-state index contributed by atoms with van der Waals surface area (Å²) in [5.74, 6) is 1.04. The van der Waals surface area contributed by atoms with E-state index in [1.54, 1.807) is 0 Å². The van der Waals surface area contributed by atoms with E-state index in [9.17, 15) is 5.11 Å². The first-order chi connectivity index (χ1) is 8.40. The van der Waals surface area contributed by atoms with Crippen molar-refractivity contribution in [3.8, 4) is 0 Å². The molecule has 0 aliphatic heterocycles. The first kappa shape index (κ1) is 12.7. The van der Waals surface area contributed by atoms with Gasteiger partial charge in [-0.05, 0) is 0 Å². The summed E-state index contributed by atoms with van der Waals surface area (Å²) < 4.78 is 1.29. The molecule has 17 heavy (non-hydrogen) atoms. The van der Waals surface area contributed by atoms with Crippen molar-refractivity contribution in [2.24, 2.45) is 0 Å². The Morgan fingerprint density at radius 1 is 0.941 bits per heavy atom. The molecule has 0 fully saturated rings. The molecule has 0 aromatic heterocycles. The Kier molecular flexibility index (Phi) is 5.14. The number of aliphatic hydroxyl groups is 1. The van der Waals surface area contributed by atoms with Crippen LogP contribution in [0.25, 0.3) is 0 Å². The number of rotatable bonds is 5. The molecule has 0 aliphatic carbocycles. The molecule has 0 amide bonds. The summed E-state index contributed by atoms with van der Waals surface area (Å²) in [6, 6.07) is 18.6. The second-order valence-electron chi connectivity index (χ2n) is 3.60. The second kappa shape index (κ2) is 6.87. The van der Waals surface area contributed by atoms with Crippen molar-refractivity contribution >= 4 is 28.5 Å². The third-order valence-corrected chi connectivity index (χ3v) is 6.56. The van der Waals surface area contributed by atoms with Crippen LogP contribution in [0.4, 0.5) is 0 Å². The van der Waals surface area contributed by atoms with E-state index in [1.807, 2.05) is 34.4 Å². The predicted molar refractivity (Wildman–Crippen MR) is 75.5 cm³/mol. The van der Waals surface area contributed by atoms with Crippen molar-refractivity contribution in [3.05, 3.63) is 65.7 Å². The number of hydrogen-bond acceptors (Lipinski definition) is 2. The molecule has 0 atom stereocenters. The fourth-order valence-corrected chi connectivity index (χ4v) is 5.62. The number of aliphatic hydroxyl groups excluding tert-OH is 1. The van der Waals surface area contributed by atoms with Gasteiger partial charge in [-0.3, -0.25) is 0 Å². The zero-order valence-corrected chi connectivity index (χ0v) is 11.9. The quantitative estimate of drug-likeness (QED) is 0.856. The van der Waals surface area contributed by atoms with Crippen LogP contribution in [-0.2, 0) is 12.4 Å². The normalized spacial score (nSPS) is 10.4. The van der Waals surface area contributed by atoms with Gasteiger partial charge in [-0.2, -0.15) is 0 Å². The van der Waals surface area contributed by atoms with Crippen LogP contribution < -0.4 is 4.46 Å². The molecule has 0 radical (unpaired) electrons. The molecule has 88 valence electrons. The molecule has 0 spiro atoms. The molecule has 0 aliphatic rings. The van der Waals surface area contributed by atoms with Crippen LogP contribution in [0.3, 0.4) is 0 Å². The molecule has 2 aromatic rings. The Morgan fingerprint density at radius 3 is 2.41 bits per heavy atom. The van der Waals surface area contributed by atoms with Gasteiger partial charge in [0.2, 0.25) is 0 Å². The Balaban J connectivity index is 1.90. The van der Waals surface area contributed by atoms with Crippen molar-refractivity contribution in [2.75, 3.05) is 0 Å². The maximum atomic E-state index is 9.24. The van der Waals surface area contributed by atoms with Crippen LogP contribution in [0.5, 0.6) is 0 Å². The van der Waals surface area contributed by atoms with Crippen LogP contribution in [0.15, 0.2) is 54.6 Å². The van der Waals surface area contributed by atoms with Crippen LogP contribution in [0.2, 0.25) is 0 Å². The summed E-state index contributed by atoms with van der Waals surface area (Å²) in [6.45, 7) is 0.143. The molecule has 1 N–H and O–H groups in total. The zero-order valence-electron chi connectivity index (χ0n) is 9.37. The van der Waals surface area contributed by atoms with Gasteiger partial charge in [0.15, 0.2) is 0 Å². The second-order valence-corrected chi connectivity index (χ2v) is 7.74. The summed E-state index contributed by atoms with van der Waals surface area (Å²) in [4.78, 5) is 0. The van der Waals surface area contributed by atoms with Gasteiger partial charge in [0.1, 0.15) is 0 Å². The van der Waals surface area contributed by atoms with Gasteiger partial charge in [0.05, 0.1) is 0 Å². The van der Waals surface area contributed by atoms with Gasteiger partial charge in [0.25, 0.3) is 0 Å². The van der Waals surface area contributed by atoms with E-state index in [1.165, 1.54) is 10.0 Å². The van der Waals surface area contributed by atoms with E-state index in [0.717, 1.165) is 11.3 Å². The van der Waals surface area contributed by atoms with Gasteiger partial charge in [-0.1, -0.05) is 0 Å². The van der Waals surface area contributed by atoms with E-state index in [-0.39, 0.29) is 6.61 Å². The SMILES string of the molecule is OCc1ccccc1[Se]SCc1ccccc1. The van der Waals surface area contributed by atoms with Crippen LogP contribution in [0, 0.1) is 0 Å². The predicted octanol–water partition coefficient (Wildman–Crippen LogP) is 2.36. The average molecular weight is 309 g/mol. The van der Waals surface area contributed by atoms with Crippen molar-refractivity contribution in [3.63, 3.8) is 0 Å². The van der Waals surface area contributed by atoms with E-state index in [0.29, 0.717) is 13.8 Å². The van der Waals surface area contributed by atoms with Gasteiger partial charge in [-0.15, -0.1) is 0 Å². The summed E-state index contributed by atoms with van der Waals surface area (Å²) >= 11 is 0.370. The molecular weight excluding hydrogens is 295 g/mol. The molecule has 0 saturated carbocycles. The standard InChI is InChI=1S/C14H14OSSe/c15-10-13-8-4-5-9-14(13)17-16-11-12-6-2-1-3-7-12/h1-9,15H,10-11H2. The first-order valence-electron chi connectivity index (χ1n) is 5.42. The van der Waals surface area contributed by atoms with Crippen LogP contribution in [-0.4, -0.2) is 18.9 Å². The summed E-state index contributed by atoms with van der Waals surface area (Å²) in [5.41, 5.74) is 2.42. The van der Waals surface area contributed by atoms with E-state index in [2.05, 4.69) is 30.3 Å². The Bertz CT molecular complexity index is 459. The Morgan fingerprint density at radius 2 is 1.65 bits per heavy atom. The monoisotopic (exact) mass is 310 g/mol. The third kappa shape index (κ3) is 3.90. The van der Waals surface area contributed by atoms with Gasteiger partial charge in [0, 0.05) is 0 Å². The minimum atomic E-state index is 0.143. The number of benzene rings is 2. The topological polar surface area (TPSA) is 20.2 Å². The fraction of sp³-hybridized carbons (Fsp3) is 0.143. The summed E-state index contributed by atoms with van der Waals surface area (Å²) in [7, 11) is 1.94. The molecule has 0 heterocycles. The molecule has 0 unspecified atom stereocenters. The van der Waals surface area contributed by atoms with Gasteiger partial charge < -0.3 is 0 Å². The fourth-order valence-electron chi connectivity index (χ4n) is 1.45. The summed E-state index contributed by atoms with van der Waals surface area (Å²) in [6.07, 6.45) is 0. The number of hydrogen-bond donors (Lipinski definition) is 1. The van der Waals surface area contributed by atoms with Crippen molar-refractivity contribution in [1.29, 1.82) is 0 Å². The molecule has 0 saturated heterocycles. The molecule has 0 bridgehead atoms. The van der Waals surface area contributed by atoms with Crippen molar-refractivity contribution < 1.29 is 5.11 Å². The molecule has 3 heteroatoms. The average Bonchev–Trinajstić information content (AvgIpc) is 2.40. The molecule has 2 aromatic carbocycles. The molecule has 2 rings (SSSR count). The van der Waals surface area contributed by atoms with E-state index >= 15 is 0 Å². The van der Waals surface area contributed by atoms with Crippen molar-refractivity contribution in [1.82, 2.24) is 0 Å². The Hall–Kier alpha value is -0.731. The molecular formula is C14H14OSSe. The van der Waals surface area contributed by atoms with Crippen LogP contribution in [0.1, 0.15) is 11.1 Å². The van der Waals surface area contributed by atoms with Gasteiger partial charge in [-0.25, -0.2) is 0 Å². The maximum absolute atomic E-state index is 9.24. The first-order valence-corrected chi connectivity index (χ1v) is 9.29. The van der Waals surface area contributed by atoms with Crippen molar-refractivity contribution in [2.45, 2.75) is 12.4 Å². The van der Waals surface area contributed by atoms with E-state index in [4.69, 9.17) is 0 Å². The summed E-state index contributed by atoms with van der Waals surface area (Å²) in [5, 5.41) is 9.24. The molecule has 1 nitrogen and oxygen atoms in total. The zero-order chi connectivity index (χ0) is 11.9. The van der Waals surface area contributed by atoms with E-state index < -0.39 is 0 Å². The third-order valence-electron chi connectivity index (χ3n) is 2.36. The Labute approximate surface area is 111 Å². The van der Waals surface area contributed by atoms with Gasteiger partial charge >= 0.3 is 112 Å². The van der Waals surface area contributed by atoms with Crippen LogP contribution >= 0.6 is 10.2 Å².